The molecule has 1 aromatic carbocycles. The topological polar surface area (TPSA) is 114 Å². The number of carboxylic acid groups (broad SMARTS) is 1. The highest BCUT2D eigenvalue weighted by Crippen LogP contribution is 2.32. The van der Waals surface area contributed by atoms with Gasteiger partial charge in [0.15, 0.2) is 0 Å². The Bertz CT molecular complexity index is 943. The second-order valence-corrected chi connectivity index (χ2v) is 18.4. The minimum Gasteiger partial charge on any atom is -0.465 e. The van der Waals surface area contributed by atoms with Crippen LogP contribution in [0, 0.1) is 17.2 Å². The number of carbonyl (C=O) groups is 2. The second-order valence-electron chi connectivity index (χ2n) is 12.8. The lowest BCUT2D eigenvalue weighted by molar-refractivity contribution is -0.0186. The molecule has 9 heteroatoms. The molecule has 0 radical (unpaired) electrons. The van der Waals surface area contributed by atoms with Gasteiger partial charge >= 0.3 is 12.2 Å². The van der Waals surface area contributed by atoms with Gasteiger partial charge in [-0.25, -0.2) is 9.59 Å². The van der Waals surface area contributed by atoms with Crippen LogP contribution >= 0.6 is 0 Å². The smallest absolute Gasteiger partial charge is 0.410 e. The van der Waals surface area contributed by atoms with Gasteiger partial charge in [0.2, 0.25) is 0 Å². The first-order valence-corrected chi connectivity index (χ1v) is 17.5. The summed E-state index contributed by atoms with van der Waals surface area (Å²) >= 11 is 0. The van der Waals surface area contributed by atoms with Crippen LogP contribution in [0.25, 0.3) is 0 Å². The standard InChI is InChI=1S/C29H47N3O5Si/c1-29(2,3)32(27(34)35)25(18-22-10-8-7-9-11-22)26(33)21-31(28(36)37-16-17-38(4,5)6)20-24-14-12-23(19-30)13-15-24/h12-15,22,25-26,33H,7-11,16-18,20-21H2,1-6H3,(H,34,35)/t25-,26+/m0/s1. The summed E-state index contributed by atoms with van der Waals surface area (Å²) in [6.45, 7) is 12.6. The summed E-state index contributed by atoms with van der Waals surface area (Å²) in [5, 5.41) is 30.9. The van der Waals surface area contributed by atoms with Crippen LogP contribution in [0.15, 0.2) is 24.3 Å². The van der Waals surface area contributed by atoms with E-state index < -0.39 is 37.9 Å². The molecule has 0 heterocycles. The molecule has 212 valence electrons. The average molecular weight is 546 g/mol. The molecule has 0 aliphatic heterocycles. The molecule has 2 N–H and O–H groups in total. The number of ether oxygens (including phenoxy) is 1. The summed E-state index contributed by atoms with van der Waals surface area (Å²) in [7, 11) is -1.41. The number of rotatable bonds is 11. The minimum atomic E-state index is -1.41. The minimum absolute atomic E-state index is 0.0526. The maximum Gasteiger partial charge on any atom is 0.410 e. The Kier molecular flexibility index (Phi) is 11.7. The molecule has 0 unspecified atom stereocenters. The van der Waals surface area contributed by atoms with Crippen LogP contribution < -0.4 is 0 Å². The van der Waals surface area contributed by atoms with Crippen molar-refractivity contribution in [1.29, 1.82) is 5.26 Å². The van der Waals surface area contributed by atoms with Gasteiger partial charge in [-0.15, -0.1) is 0 Å². The Labute approximate surface area is 229 Å². The van der Waals surface area contributed by atoms with Crippen molar-refractivity contribution in [3.8, 4) is 6.07 Å². The van der Waals surface area contributed by atoms with Gasteiger partial charge in [-0.1, -0.05) is 63.9 Å². The fourth-order valence-electron chi connectivity index (χ4n) is 5.12. The summed E-state index contributed by atoms with van der Waals surface area (Å²) in [5.41, 5.74) is 0.600. The second kappa shape index (κ2) is 14.0. The monoisotopic (exact) mass is 545 g/mol. The Hall–Kier alpha value is -2.57. The normalized spacial score (nSPS) is 16.3. The van der Waals surface area contributed by atoms with Gasteiger partial charge in [-0.05, 0) is 56.9 Å². The first kappa shape index (κ1) is 31.6. The van der Waals surface area contributed by atoms with Crippen LogP contribution in [-0.2, 0) is 11.3 Å². The summed E-state index contributed by atoms with van der Waals surface area (Å²) in [6, 6.07) is 9.21. The maximum atomic E-state index is 13.2. The Morgan fingerprint density at radius 3 is 2.24 bits per heavy atom. The van der Waals surface area contributed by atoms with Crippen LogP contribution in [-0.4, -0.2) is 71.1 Å². The molecule has 0 spiro atoms. The van der Waals surface area contributed by atoms with Crippen molar-refractivity contribution in [3.05, 3.63) is 35.4 Å². The van der Waals surface area contributed by atoms with E-state index in [1.165, 1.54) is 16.2 Å². The summed E-state index contributed by atoms with van der Waals surface area (Å²) in [5.74, 6) is 0.336. The number of nitrogens with zero attached hydrogens (tertiary/aromatic N) is 3. The number of carbonyl (C=O) groups excluding carboxylic acids is 1. The molecular weight excluding hydrogens is 498 g/mol. The predicted octanol–water partition coefficient (Wildman–Crippen LogP) is 6.31. The Morgan fingerprint density at radius 2 is 1.74 bits per heavy atom. The van der Waals surface area contributed by atoms with E-state index >= 15 is 0 Å². The van der Waals surface area contributed by atoms with E-state index in [2.05, 4.69) is 25.7 Å². The van der Waals surface area contributed by atoms with E-state index in [4.69, 9.17) is 10.00 Å². The lowest BCUT2D eigenvalue weighted by Crippen LogP contribution is -2.58. The zero-order chi connectivity index (χ0) is 28.5. The third kappa shape index (κ3) is 10.3. The largest absolute Gasteiger partial charge is 0.465 e. The highest BCUT2D eigenvalue weighted by atomic mass is 28.3. The first-order chi connectivity index (χ1) is 17.7. The number of amides is 2. The Balaban J connectivity index is 2.31. The Morgan fingerprint density at radius 1 is 1.13 bits per heavy atom. The number of benzene rings is 1. The van der Waals surface area contributed by atoms with Crippen LogP contribution in [0.2, 0.25) is 25.7 Å². The van der Waals surface area contributed by atoms with E-state index in [-0.39, 0.29) is 13.1 Å². The van der Waals surface area contributed by atoms with Crippen molar-refractivity contribution in [2.45, 2.75) is 109 Å². The highest BCUT2D eigenvalue weighted by molar-refractivity contribution is 6.76. The molecule has 0 saturated heterocycles. The number of aliphatic hydroxyl groups excluding tert-OH is 1. The molecule has 1 saturated carbocycles. The summed E-state index contributed by atoms with van der Waals surface area (Å²) in [4.78, 5) is 28.5. The van der Waals surface area contributed by atoms with Gasteiger partial charge in [0.05, 0.1) is 36.9 Å². The van der Waals surface area contributed by atoms with Crippen LogP contribution in [0.4, 0.5) is 9.59 Å². The molecule has 2 amide bonds. The molecule has 2 rings (SSSR count). The molecule has 38 heavy (non-hydrogen) atoms. The molecule has 1 aromatic rings. The lowest BCUT2D eigenvalue weighted by Gasteiger charge is -2.44. The summed E-state index contributed by atoms with van der Waals surface area (Å²) < 4.78 is 5.63. The van der Waals surface area contributed by atoms with Crippen molar-refractivity contribution in [2.24, 2.45) is 5.92 Å². The zero-order valence-electron chi connectivity index (χ0n) is 24.1. The number of hydrogen-bond acceptors (Lipinski definition) is 5. The predicted molar refractivity (Wildman–Crippen MR) is 152 cm³/mol. The molecule has 1 fully saturated rings. The van der Waals surface area contributed by atoms with Crippen molar-refractivity contribution in [3.63, 3.8) is 0 Å². The maximum absolute atomic E-state index is 13.2. The number of hydrogen-bond donors (Lipinski definition) is 2. The lowest BCUT2D eigenvalue weighted by atomic mass is 9.82. The summed E-state index contributed by atoms with van der Waals surface area (Å²) in [6.07, 6.45) is 3.33. The number of aliphatic hydroxyl groups is 1. The fraction of sp³-hybridized carbons (Fsp3) is 0.690. The van der Waals surface area contributed by atoms with Crippen molar-refractivity contribution in [1.82, 2.24) is 9.80 Å². The SMILES string of the molecule is CC(C)(C)N(C(=O)O)[C@@H](CC1CCCCC1)[C@H](O)CN(Cc1ccc(C#N)cc1)C(=O)OCC[Si](C)(C)C. The molecule has 0 aromatic heterocycles. The van der Waals surface area contributed by atoms with Gasteiger partial charge in [0, 0.05) is 20.2 Å². The molecule has 8 nitrogen and oxygen atoms in total. The van der Waals surface area contributed by atoms with E-state index in [9.17, 15) is 19.8 Å². The van der Waals surface area contributed by atoms with E-state index in [1.54, 1.807) is 24.3 Å². The van der Waals surface area contributed by atoms with Gasteiger partial charge in [-0.2, -0.15) is 5.26 Å². The van der Waals surface area contributed by atoms with Gasteiger partial charge in [0.25, 0.3) is 0 Å². The van der Waals surface area contributed by atoms with Crippen molar-refractivity contribution >= 4 is 20.3 Å². The zero-order valence-corrected chi connectivity index (χ0v) is 25.1. The van der Waals surface area contributed by atoms with Crippen molar-refractivity contribution in [2.75, 3.05) is 13.2 Å². The van der Waals surface area contributed by atoms with Gasteiger partial charge in [-0.3, -0.25) is 4.90 Å². The van der Waals surface area contributed by atoms with Gasteiger partial charge in [0.1, 0.15) is 0 Å². The molecule has 0 bridgehead atoms. The van der Waals surface area contributed by atoms with Crippen LogP contribution in [0.3, 0.4) is 0 Å². The first-order valence-electron chi connectivity index (χ1n) is 13.8. The molecule has 1 aliphatic rings. The van der Waals surface area contributed by atoms with Crippen LogP contribution in [0.1, 0.15) is 70.4 Å². The van der Waals surface area contributed by atoms with E-state index in [1.807, 2.05) is 20.8 Å². The quantitative estimate of drug-likeness (QED) is 0.315. The molecule has 2 atom stereocenters. The highest BCUT2D eigenvalue weighted by Gasteiger charge is 2.39. The molecule has 1 aliphatic carbocycles. The van der Waals surface area contributed by atoms with E-state index in [0.717, 1.165) is 37.3 Å². The third-order valence-electron chi connectivity index (χ3n) is 7.20. The number of nitriles is 1. The van der Waals surface area contributed by atoms with Crippen molar-refractivity contribution < 1.29 is 24.5 Å². The van der Waals surface area contributed by atoms with Crippen LogP contribution in [0.5, 0.6) is 0 Å². The van der Waals surface area contributed by atoms with Gasteiger partial charge < -0.3 is 19.8 Å². The van der Waals surface area contributed by atoms with E-state index in [0.29, 0.717) is 24.5 Å². The average Bonchev–Trinajstić information content (AvgIpc) is 2.82. The molecular formula is C29H47N3O5Si. The fourth-order valence-corrected chi connectivity index (χ4v) is 5.83. The third-order valence-corrected chi connectivity index (χ3v) is 8.91.